The molecule has 0 amide bonds. The van der Waals surface area contributed by atoms with E-state index < -0.39 is 5.97 Å². The van der Waals surface area contributed by atoms with Crippen LogP contribution in [0.4, 0.5) is 0 Å². The summed E-state index contributed by atoms with van der Waals surface area (Å²) in [5.41, 5.74) is 4.49. The second-order valence-corrected chi connectivity index (χ2v) is 6.00. The average molecular weight is 324 g/mol. The number of benzene rings is 1. The highest BCUT2D eigenvalue weighted by atomic mass is 16.4. The van der Waals surface area contributed by atoms with E-state index in [0.29, 0.717) is 0 Å². The third-order valence-corrected chi connectivity index (χ3v) is 4.25. The highest BCUT2D eigenvalue weighted by Crippen LogP contribution is 2.23. The van der Waals surface area contributed by atoms with E-state index in [1.165, 1.54) is 30.3 Å². The molecule has 0 fully saturated rings. The molecule has 0 saturated carbocycles. The Kier molecular flexibility index (Phi) is 4.89. The zero-order valence-corrected chi connectivity index (χ0v) is 13.4. The maximum Gasteiger partial charge on any atom is 0.303 e. The number of aliphatic carboxylic acids is 1. The summed E-state index contributed by atoms with van der Waals surface area (Å²) in [7, 11) is 0. The molecule has 0 atom stereocenters. The topological polar surface area (TPSA) is 72.2 Å². The Morgan fingerprint density at radius 2 is 1.88 bits per heavy atom. The highest BCUT2D eigenvalue weighted by molar-refractivity contribution is 5.95. The van der Waals surface area contributed by atoms with Gasteiger partial charge in [-0.2, -0.15) is 0 Å². The lowest BCUT2D eigenvalue weighted by atomic mass is 10.0. The van der Waals surface area contributed by atoms with Crippen LogP contribution in [0.1, 0.15) is 42.6 Å². The van der Waals surface area contributed by atoms with Gasteiger partial charge in [-0.25, -0.2) is 4.98 Å². The number of ketones is 1. The lowest BCUT2D eigenvalue weighted by Crippen LogP contribution is -2.06. The summed E-state index contributed by atoms with van der Waals surface area (Å²) in [6.45, 7) is 0. The molecule has 1 aromatic carbocycles. The van der Waals surface area contributed by atoms with Gasteiger partial charge in [-0.1, -0.05) is 18.2 Å². The summed E-state index contributed by atoms with van der Waals surface area (Å²) in [6, 6.07) is 7.92. The fourth-order valence-electron chi connectivity index (χ4n) is 2.94. The molecule has 1 aromatic heterocycles. The van der Waals surface area contributed by atoms with Gasteiger partial charge < -0.3 is 9.67 Å². The summed E-state index contributed by atoms with van der Waals surface area (Å²) in [5.74, 6) is -1.13. The van der Waals surface area contributed by atoms with E-state index in [1.54, 1.807) is 6.08 Å². The molecule has 2 aromatic rings. The minimum absolute atomic E-state index is 0.0328. The lowest BCUT2D eigenvalue weighted by molar-refractivity contribution is -0.138. The molecule has 3 rings (SSSR count). The molecule has 24 heavy (non-hydrogen) atoms. The molecule has 0 spiro atoms. The van der Waals surface area contributed by atoms with Gasteiger partial charge in [0.05, 0.1) is 18.4 Å². The predicted molar refractivity (Wildman–Crippen MR) is 91.1 cm³/mol. The molecule has 1 aliphatic rings. The van der Waals surface area contributed by atoms with E-state index in [-0.39, 0.29) is 18.6 Å². The number of hydrogen-bond acceptors (Lipinski definition) is 3. The molecule has 0 saturated heterocycles. The van der Waals surface area contributed by atoms with Crippen molar-refractivity contribution in [1.29, 1.82) is 0 Å². The minimum Gasteiger partial charge on any atom is -0.481 e. The summed E-state index contributed by atoms with van der Waals surface area (Å²) >= 11 is 0. The number of carbonyl (C=O) groups excluding carboxylic acids is 1. The number of carboxylic acid groups (broad SMARTS) is 1. The number of carboxylic acids is 1. The Bertz CT molecular complexity index is 772. The number of hydrogen-bond donors (Lipinski definition) is 1. The van der Waals surface area contributed by atoms with Crippen LogP contribution in [0, 0.1) is 0 Å². The van der Waals surface area contributed by atoms with Crippen LogP contribution >= 0.6 is 0 Å². The Hall–Kier alpha value is -2.69. The van der Waals surface area contributed by atoms with E-state index in [0.717, 1.165) is 24.1 Å². The quantitative estimate of drug-likeness (QED) is 0.828. The van der Waals surface area contributed by atoms with Crippen molar-refractivity contribution < 1.29 is 14.7 Å². The van der Waals surface area contributed by atoms with Crippen LogP contribution in [0.2, 0.25) is 0 Å². The first-order valence-corrected chi connectivity index (χ1v) is 8.22. The molecule has 0 aliphatic heterocycles. The van der Waals surface area contributed by atoms with E-state index in [9.17, 15) is 9.59 Å². The van der Waals surface area contributed by atoms with Gasteiger partial charge in [0.25, 0.3) is 0 Å². The number of rotatable bonds is 6. The van der Waals surface area contributed by atoms with Crippen molar-refractivity contribution in [2.45, 2.75) is 38.5 Å². The molecule has 5 heteroatoms. The molecular formula is C19H20N2O3. The summed E-state index contributed by atoms with van der Waals surface area (Å²) in [5, 5.41) is 8.57. The van der Waals surface area contributed by atoms with E-state index in [4.69, 9.17) is 5.11 Å². The third-order valence-electron chi connectivity index (χ3n) is 4.25. The molecule has 5 nitrogen and oxygen atoms in total. The first kappa shape index (κ1) is 16.2. The minimum atomic E-state index is -0.954. The van der Waals surface area contributed by atoms with Gasteiger partial charge in [0, 0.05) is 17.8 Å². The molecule has 0 radical (unpaired) electrons. The van der Waals surface area contributed by atoms with Gasteiger partial charge in [0.2, 0.25) is 0 Å². The number of carbonyl (C=O) groups is 2. The molecular weight excluding hydrogens is 304 g/mol. The molecule has 1 N–H and O–H groups in total. The Morgan fingerprint density at radius 1 is 1.12 bits per heavy atom. The van der Waals surface area contributed by atoms with Gasteiger partial charge in [0.1, 0.15) is 0 Å². The highest BCUT2D eigenvalue weighted by Gasteiger charge is 2.15. The lowest BCUT2D eigenvalue weighted by Gasteiger charge is -2.14. The number of aromatic nitrogens is 2. The van der Waals surface area contributed by atoms with E-state index in [2.05, 4.69) is 9.55 Å². The Balaban J connectivity index is 1.68. The van der Waals surface area contributed by atoms with Crippen LogP contribution < -0.4 is 0 Å². The number of fused-ring (bicyclic) bond motifs is 1. The van der Waals surface area contributed by atoms with Crippen molar-refractivity contribution in [2.24, 2.45) is 0 Å². The van der Waals surface area contributed by atoms with Crippen molar-refractivity contribution in [3.8, 4) is 5.69 Å². The standard InChI is InChI=1S/C19H20N2O3/c22-16(11-12-19(23)24)10-7-14-5-8-15(9-6-14)21-13-20-17-3-1-2-4-18(17)21/h5-10,13H,1-4,11-12H2,(H,23,24)/b10-7+. The first-order valence-electron chi connectivity index (χ1n) is 8.22. The van der Waals surface area contributed by atoms with Crippen molar-refractivity contribution in [1.82, 2.24) is 9.55 Å². The second-order valence-electron chi connectivity index (χ2n) is 6.00. The van der Waals surface area contributed by atoms with Crippen LogP contribution in [0.25, 0.3) is 11.8 Å². The average Bonchev–Trinajstić information content (AvgIpc) is 3.02. The summed E-state index contributed by atoms with van der Waals surface area (Å²) in [6.07, 6.45) is 9.49. The fourth-order valence-corrected chi connectivity index (χ4v) is 2.94. The predicted octanol–water partition coefficient (Wildman–Crippen LogP) is 3.20. The number of imidazole rings is 1. The second kappa shape index (κ2) is 7.25. The van der Waals surface area contributed by atoms with Gasteiger partial charge >= 0.3 is 5.97 Å². The normalized spacial score (nSPS) is 13.8. The van der Waals surface area contributed by atoms with Crippen molar-refractivity contribution in [2.75, 3.05) is 0 Å². The molecule has 124 valence electrons. The van der Waals surface area contributed by atoms with Gasteiger partial charge in [0.15, 0.2) is 5.78 Å². The number of allylic oxidation sites excluding steroid dienone is 1. The van der Waals surface area contributed by atoms with Gasteiger partial charge in [-0.15, -0.1) is 0 Å². The van der Waals surface area contributed by atoms with Crippen molar-refractivity contribution in [3.63, 3.8) is 0 Å². The zero-order valence-electron chi connectivity index (χ0n) is 13.4. The molecule has 1 heterocycles. The van der Waals surface area contributed by atoms with Crippen molar-refractivity contribution >= 4 is 17.8 Å². The van der Waals surface area contributed by atoms with Crippen LogP contribution in [0.5, 0.6) is 0 Å². The van der Waals surface area contributed by atoms with Crippen LogP contribution in [-0.2, 0) is 22.4 Å². The molecule has 1 aliphatic carbocycles. The first-order chi connectivity index (χ1) is 11.6. The van der Waals surface area contributed by atoms with Crippen molar-refractivity contribution in [3.05, 3.63) is 53.6 Å². The van der Waals surface area contributed by atoms with Gasteiger partial charge in [-0.3, -0.25) is 9.59 Å². The smallest absolute Gasteiger partial charge is 0.303 e. The zero-order chi connectivity index (χ0) is 16.9. The fraction of sp³-hybridized carbons (Fsp3) is 0.316. The molecule has 0 unspecified atom stereocenters. The van der Waals surface area contributed by atoms with Crippen LogP contribution in [-0.4, -0.2) is 26.4 Å². The Labute approximate surface area is 140 Å². The van der Waals surface area contributed by atoms with Crippen LogP contribution in [0.15, 0.2) is 36.7 Å². The monoisotopic (exact) mass is 324 g/mol. The van der Waals surface area contributed by atoms with Crippen LogP contribution in [0.3, 0.4) is 0 Å². The number of nitrogens with zero attached hydrogens (tertiary/aromatic N) is 2. The van der Waals surface area contributed by atoms with E-state index >= 15 is 0 Å². The van der Waals surface area contributed by atoms with Gasteiger partial charge in [-0.05, 0) is 49.5 Å². The summed E-state index contributed by atoms with van der Waals surface area (Å²) in [4.78, 5) is 26.5. The third kappa shape index (κ3) is 3.79. The SMILES string of the molecule is O=C(O)CCC(=O)/C=C/c1ccc(-n2cnc3c2CCCC3)cc1. The largest absolute Gasteiger partial charge is 0.481 e. The van der Waals surface area contributed by atoms with E-state index in [1.807, 2.05) is 30.6 Å². The maximum atomic E-state index is 11.6. The number of aryl methyl sites for hydroxylation is 1. The Morgan fingerprint density at radius 3 is 2.62 bits per heavy atom. The maximum absolute atomic E-state index is 11.6. The molecule has 0 bridgehead atoms. The summed E-state index contributed by atoms with van der Waals surface area (Å²) < 4.78 is 2.14.